The Morgan fingerprint density at radius 1 is 1.07 bits per heavy atom. The van der Waals surface area contributed by atoms with Crippen LogP contribution >= 0.6 is 0 Å². The number of amidine groups is 1. The number of halogens is 5. The lowest BCUT2D eigenvalue weighted by molar-refractivity contribution is -0.137. The predicted molar refractivity (Wildman–Crippen MR) is 153 cm³/mol. The van der Waals surface area contributed by atoms with Crippen molar-refractivity contribution >= 4 is 23.3 Å². The van der Waals surface area contributed by atoms with Crippen LogP contribution in [0, 0.1) is 11.6 Å². The minimum atomic E-state index is -4.57. The van der Waals surface area contributed by atoms with Crippen LogP contribution in [0.5, 0.6) is 5.75 Å². The molecule has 220 valence electrons. The van der Waals surface area contributed by atoms with Crippen LogP contribution in [-0.4, -0.2) is 37.0 Å². The van der Waals surface area contributed by atoms with E-state index in [1.165, 1.54) is 18.2 Å². The van der Waals surface area contributed by atoms with Gasteiger partial charge in [0.25, 0.3) is 0 Å². The zero-order valence-electron chi connectivity index (χ0n) is 23.3. The largest absolute Gasteiger partial charge is 0.494 e. The van der Waals surface area contributed by atoms with E-state index >= 15 is 0 Å². The molecule has 0 spiro atoms. The third-order valence-electron chi connectivity index (χ3n) is 7.18. The minimum absolute atomic E-state index is 0.0330. The van der Waals surface area contributed by atoms with Crippen molar-refractivity contribution in [1.29, 1.82) is 0 Å². The van der Waals surface area contributed by atoms with Crippen molar-refractivity contribution in [1.82, 2.24) is 0 Å². The number of ether oxygens (including phenoxy) is 2. The molecule has 0 saturated carbocycles. The number of nitrogens with zero attached hydrogens (tertiary/aromatic N) is 3. The van der Waals surface area contributed by atoms with Gasteiger partial charge in [-0.3, -0.25) is 4.99 Å². The van der Waals surface area contributed by atoms with Crippen LogP contribution in [0.1, 0.15) is 62.6 Å². The van der Waals surface area contributed by atoms with Crippen LogP contribution < -0.4 is 4.74 Å². The third kappa shape index (κ3) is 6.53. The van der Waals surface area contributed by atoms with Gasteiger partial charge in [0.15, 0.2) is 17.5 Å². The maximum atomic E-state index is 14.3. The summed E-state index contributed by atoms with van der Waals surface area (Å²) in [5.74, 6) is -1.20. The minimum Gasteiger partial charge on any atom is -0.494 e. The highest BCUT2D eigenvalue weighted by Crippen LogP contribution is 2.40. The summed E-state index contributed by atoms with van der Waals surface area (Å²) >= 11 is 0. The van der Waals surface area contributed by atoms with E-state index in [-0.39, 0.29) is 35.4 Å². The molecule has 5 nitrogen and oxygen atoms in total. The molecular weight excluding hydrogens is 553 g/mol. The molecule has 0 aromatic heterocycles. The molecule has 1 unspecified atom stereocenters. The van der Waals surface area contributed by atoms with Gasteiger partial charge in [-0.25, -0.2) is 18.8 Å². The molecule has 3 aliphatic heterocycles. The van der Waals surface area contributed by atoms with Crippen LogP contribution in [0.2, 0.25) is 0 Å². The van der Waals surface area contributed by atoms with E-state index in [1.807, 2.05) is 13.0 Å². The van der Waals surface area contributed by atoms with Crippen LogP contribution in [-0.2, 0) is 10.9 Å². The fourth-order valence-electron chi connectivity index (χ4n) is 4.91. The lowest BCUT2D eigenvalue weighted by Crippen LogP contribution is -2.16. The average molecular weight is 584 g/mol. The second kappa shape index (κ2) is 12.4. The van der Waals surface area contributed by atoms with Gasteiger partial charge in [0.1, 0.15) is 18.1 Å². The Hall–Kier alpha value is -4.08. The number of hydrogen-bond acceptors (Lipinski definition) is 5. The molecule has 0 N–H and O–H groups in total. The van der Waals surface area contributed by atoms with Crippen molar-refractivity contribution in [3.05, 3.63) is 93.9 Å². The lowest BCUT2D eigenvalue weighted by Gasteiger charge is -2.24. The molecule has 0 amide bonds. The second-order valence-corrected chi connectivity index (χ2v) is 10.3. The number of aliphatic imine (C=N–C) groups is 3. The summed E-state index contributed by atoms with van der Waals surface area (Å²) in [5, 5.41) is 0. The first-order valence-electron chi connectivity index (χ1n) is 13.9. The summed E-state index contributed by atoms with van der Waals surface area (Å²) in [6.45, 7) is 4.26. The topological polar surface area (TPSA) is 55.5 Å². The van der Waals surface area contributed by atoms with Gasteiger partial charge < -0.3 is 9.47 Å². The van der Waals surface area contributed by atoms with Gasteiger partial charge in [-0.2, -0.15) is 13.2 Å². The molecule has 0 saturated heterocycles. The van der Waals surface area contributed by atoms with E-state index in [4.69, 9.17) is 9.47 Å². The Bertz CT molecular complexity index is 1550. The molecule has 10 heteroatoms. The molecular formula is C32H30F5N3O2. The highest BCUT2D eigenvalue weighted by Gasteiger charge is 2.35. The molecule has 1 atom stereocenters. The fourth-order valence-corrected chi connectivity index (χ4v) is 4.91. The molecule has 3 aliphatic rings. The first-order valence-corrected chi connectivity index (χ1v) is 13.9. The SMILES string of the molecule is CCCCOc1ccc(C2=C(C)COC(CC3CCC=C4N=C(c5cccc(F)c5F)N=C4C=N3)=C2)c(C(F)(F)F)c1. The first-order chi connectivity index (χ1) is 20.1. The molecule has 5 rings (SSSR count). The Labute approximate surface area is 240 Å². The van der Waals surface area contributed by atoms with Crippen molar-refractivity contribution in [3.63, 3.8) is 0 Å². The predicted octanol–water partition coefficient (Wildman–Crippen LogP) is 8.26. The van der Waals surface area contributed by atoms with Crippen LogP contribution in [0.4, 0.5) is 22.0 Å². The Kier molecular flexibility index (Phi) is 8.70. The van der Waals surface area contributed by atoms with E-state index in [1.54, 1.807) is 25.3 Å². The highest BCUT2D eigenvalue weighted by atomic mass is 19.4. The Morgan fingerprint density at radius 3 is 2.69 bits per heavy atom. The normalized spacial score (nSPS) is 18.8. The zero-order chi connectivity index (χ0) is 29.9. The van der Waals surface area contributed by atoms with Crippen molar-refractivity contribution in [2.24, 2.45) is 15.0 Å². The van der Waals surface area contributed by atoms with Gasteiger partial charge in [0, 0.05) is 12.6 Å². The van der Waals surface area contributed by atoms with Gasteiger partial charge in [0.2, 0.25) is 0 Å². The fraction of sp³-hybridized carbons (Fsp3) is 0.344. The van der Waals surface area contributed by atoms with E-state index in [0.717, 1.165) is 25.0 Å². The van der Waals surface area contributed by atoms with Crippen molar-refractivity contribution in [2.45, 2.75) is 58.2 Å². The molecule has 42 heavy (non-hydrogen) atoms. The molecule has 2 aromatic carbocycles. The number of hydrogen-bond donors (Lipinski definition) is 0. The molecule has 3 heterocycles. The standard InChI is InChI=1S/C32H30F5N3O2/c1-3-4-13-41-21-11-12-23(26(16-21)32(35,36)37)25-15-22(42-18-19(25)2)14-20-7-5-10-28-29(17-38-20)40-31(39-28)24-8-6-9-27(33)30(24)34/h6,8-12,15-17,20H,3-5,7,13-14,18H2,1-2H3. The molecule has 0 aliphatic carbocycles. The summed E-state index contributed by atoms with van der Waals surface area (Å²) in [6, 6.07) is 7.69. The molecule has 2 aromatic rings. The van der Waals surface area contributed by atoms with Crippen molar-refractivity contribution in [3.8, 4) is 5.75 Å². The van der Waals surface area contributed by atoms with Crippen LogP contribution in [0.25, 0.3) is 5.57 Å². The summed E-state index contributed by atoms with van der Waals surface area (Å²) in [5.41, 5.74) is 1.41. The van der Waals surface area contributed by atoms with Gasteiger partial charge in [-0.05, 0) is 73.2 Å². The first kappa shape index (κ1) is 29.4. The smallest absolute Gasteiger partial charge is 0.417 e. The van der Waals surface area contributed by atoms with E-state index in [0.29, 0.717) is 54.2 Å². The number of allylic oxidation sites excluding steroid dienone is 4. The van der Waals surface area contributed by atoms with Crippen molar-refractivity contribution < 1.29 is 31.4 Å². The number of benzene rings is 2. The Morgan fingerprint density at radius 2 is 1.90 bits per heavy atom. The Balaban J connectivity index is 1.35. The molecule has 0 bridgehead atoms. The lowest BCUT2D eigenvalue weighted by atomic mass is 9.92. The summed E-state index contributed by atoms with van der Waals surface area (Å²) < 4.78 is 81.8. The number of fused-ring (bicyclic) bond motifs is 1. The summed E-state index contributed by atoms with van der Waals surface area (Å²) in [7, 11) is 0. The third-order valence-corrected chi connectivity index (χ3v) is 7.18. The van der Waals surface area contributed by atoms with E-state index < -0.39 is 23.4 Å². The van der Waals surface area contributed by atoms with Crippen LogP contribution in [0.3, 0.4) is 0 Å². The summed E-state index contributed by atoms with van der Waals surface area (Å²) in [6.07, 6.45) is 3.74. The molecule has 0 fully saturated rings. The monoisotopic (exact) mass is 583 g/mol. The highest BCUT2D eigenvalue weighted by molar-refractivity contribution is 6.43. The van der Waals surface area contributed by atoms with Gasteiger partial charge >= 0.3 is 6.18 Å². The number of alkyl halides is 3. The number of unbranched alkanes of at least 4 members (excludes halogenated alkanes) is 1. The van der Waals surface area contributed by atoms with Gasteiger partial charge in [0.05, 0.1) is 35.2 Å². The van der Waals surface area contributed by atoms with Crippen molar-refractivity contribution in [2.75, 3.05) is 13.2 Å². The second-order valence-electron chi connectivity index (χ2n) is 10.3. The van der Waals surface area contributed by atoms with Gasteiger partial charge in [-0.1, -0.05) is 31.6 Å². The summed E-state index contributed by atoms with van der Waals surface area (Å²) in [4.78, 5) is 13.4. The number of rotatable bonds is 8. The van der Waals surface area contributed by atoms with Gasteiger partial charge in [-0.15, -0.1) is 0 Å². The average Bonchev–Trinajstić information content (AvgIpc) is 3.34. The zero-order valence-corrected chi connectivity index (χ0v) is 23.3. The van der Waals surface area contributed by atoms with E-state index in [9.17, 15) is 22.0 Å². The van der Waals surface area contributed by atoms with Crippen LogP contribution in [0.15, 0.2) is 80.6 Å². The maximum absolute atomic E-state index is 14.3. The molecule has 0 radical (unpaired) electrons. The quantitative estimate of drug-likeness (QED) is 0.232. The maximum Gasteiger partial charge on any atom is 0.417 e. The van der Waals surface area contributed by atoms with E-state index in [2.05, 4.69) is 15.0 Å².